The minimum Gasteiger partial charge on any atom is -0.481 e. The highest BCUT2D eigenvalue weighted by Gasteiger charge is 2.25. The molecule has 18 heavy (non-hydrogen) atoms. The van der Waals surface area contributed by atoms with Crippen molar-refractivity contribution >= 4 is 5.97 Å². The van der Waals surface area contributed by atoms with Crippen LogP contribution in [0.15, 0.2) is 27.3 Å². The Hall–Kier alpha value is -2.11. The quantitative estimate of drug-likeness (QED) is 0.876. The minimum atomic E-state index is -0.842. The molecule has 0 aliphatic rings. The Morgan fingerprint density at radius 1 is 1.50 bits per heavy atom. The molecule has 1 N–H and O–H groups in total. The summed E-state index contributed by atoms with van der Waals surface area (Å²) in [6, 6.07) is 3.47. The van der Waals surface area contributed by atoms with E-state index in [1.54, 1.807) is 12.1 Å². The van der Waals surface area contributed by atoms with Gasteiger partial charge in [0.05, 0.1) is 12.7 Å². The van der Waals surface area contributed by atoms with E-state index in [-0.39, 0.29) is 6.42 Å². The van der Waals surface area contributed by atoms with Gasteiger partial charge in [0.2, 0.25) is 11.7 Å². The number of furan rings is 1. The Kier molecular flexibility index (Phi) is 3.18. The van der Waals surface area contributed by atoms with Crippen molar-refractivity contribution in [2.45, 2.75) is 26.7 Å². The van der Waals surface area contributed by atoms with Gasteiger partial charge in [-0.3, -0.25) is 4.79 Å². The van der Waals surface area contributed by atoms with Crippen LogP contribution in [-0.4, -0.2) is 21.2 Å². The average Bonchev–Trinajstić information content (AvgIpc) is 2.82. The van der Waals surface area contributed by atoms with E-state index in [1.807, 2.05) is 13.8 Å². The van der Waals surface area contributed by atoms with Gasteiger partial charge < -0.3 is 14.0 Å². The van der Waals surface area contributed by atoms with Crippen molar-refractivity contribution < 1.29 is 18.8 Å². The topological polar surface area (TPSA) is 89.4 Å². The fraction of sp³-hybridized carbons (Fsp3) is 0.417. The summed E-state index contributed by atoms with van der Waals surface area (Å²) < 4.78 is 10.2. The lowest BCUT2D eigenvalue weighted by Gasteiger charge is -2.19. The lowest BCUT2D eigenvalue weighted by atomic mass is 9.86. The molecule has 0 bridgehead atoms. The molecule has 2 rings (SSSR count). The largest absolute Gasteiger partial charge is 0.481 e. The van der Waals surface area contributed by atoms with E-state index in [0.29, 0.717) is 23.9 Å². The molecule has 0 saturated heterocycles. The van der Waals surface area contributed by atoms with Crippen molar-refractivity contribution in [3.05, 3.63) is 24.3 Å². The molecule has 0 spiro atoms. The Labute approximate surface area is 104 Å². The zero-order chi connectivity index (χ0) is 13.2. The molecule has 0 aliphatic carbocycles. The van der Waals surface area contributed by atoms with Gasteiger partial charge in [0.1, 0.15) is 0 Å². The smallest absolute Gasteiger partial charge is 0.303 e. The molecular formula is C12H14N2O4. The number of aromatic nitrogens is 2. The van der Waals surface area contributed by atoms with Gasteiger partial charge in [0.15, 0.2) is 5.76 Å². The van der Waals surface area contributed by atoms with Crippen molar-refractivity contribution in [3.8, 4) is 11.6 Å². The maximum atomic E-state index is 10.7. The highest BCUT2D eigenvalue weighted by molar-refractivity contribution is 5.67. The maximum absolute atomic E-state index is 10.7. The van der Waals surface area contributed by atoms with Gasteiger partial charge in [-0.05, 0) is 17.5 Å². The molecule has 0 atom stereocenters. The van der Waals surface area contributed by atoms with Crippen LogP contribution in [0.1, 0.15) is 26.2 Å². The summed E-state index contributed by atoms with van der Waals surface area (Å²) in [6.07, 6.45) is 1.98. The van der Waals surface area contributed by atoms with E-state index < -0.39 is 11.4 Å². The second kappa shape index (κ2) is 4.64. The maximum Gasteiger partial charge on any atom is 0.303 e. The van der Waals surface area contributed by atoms with Crippen LogP contribution in [-0.2, 0) is 11.2 Å². The molecule has 2 aromatic rings. The van der Waals surface area contributed by atoms with E-state index in [9.17, 15) is 4.79 Å². The van der Waals surface area contributed by atoms with Crippen molar-refractivity contribution in [1.29, 1.82) is 0 Å². The van der Waals surface area contributed by atoms with E-state index in [0.717, 1.165) is 0 Å². The number of aliphatic carboxylic acids is 1. The summed E-state index contributed by atoms with van der Waals surface area (Å²) in [7, 11) is 0. The standard InChI is InChI=1S/C12H14N2O4/c1-12(2,7-10(15)16)6-9-13-11(14-18-9)8-4-3-5-17-8/h3-5H,6-7H2,1-2H3,(H,15,16). The predicted molar refractivity (Wildman–Crippen MR) is 61.7 cm³/mol. The summed E-state index contributed by atoms with van der Waals surface area (Å²) >= 11 is 0. The number of carbonyl (C=O) groups is 1. The van der Waals surface area contributed by atoms with E-state index in [2.05, 4.69) is 10.1 Å². The zero-order valence-electron chi connectivity index (χ0n) is 10.2. The van der Waals surface area contributed by atoms with Gasteiger partial charge in [-0.25, -0.2) is 0 Å². The van der Waals surface area contributed by atoms with Crippen molar-refractivity contribution in [2.75, 3.05) is 0 Å². The predicted octanol–water partition coefficient (Wildman–Crippen LogP) is 2.37. The molecule has 0 aliphatic heterocycles. The third-order valence-electron chi connectivity index (χ3n) is 2.47. The molecule has 0 radical (unpaired) electrons. The highest BCUT2D eigenvalue weighted by Crippen LogP contribution is 2.26. The number of hydrogen-bond donors (Lipinski definition) is 1. The Balaban J connectivity index is 2.09. The lowest BCUT2D eigenvalue weighted by molar-refractivity contribution is -0.139. The average molecular weight is 250 g/mol. The van der Waals surface area contributed by atoms with Gasteiger partial charge in [0, 0.05) is 6.42 Å². The minimum absolute atomic E-state index is 0.0471. The van der Waals surface area contributed by atoms with Crippen LogP contribution < -0.4 is 0 Å². The second-order valence-corrected chi connectivity index (χ2v) is 4.90. The Bertz CT molecular complexity index is 528. The monoisotopic (exact) mass is 250 g/mol. The first-order chi connectivity index (χ1) is 8.46. The van der Waals surface area contributed by atoms with E-state index in [1.165, 1.54) is 6.26 Å². The number of nitrogens with zero attached hydrogens (tertiary/aromatic N) is 2. The molecule has 0 unspecified atom stereocenters. The molecule has 0 aromatic carbocycles. The van der Waals surface area contributed by atoms with Crippen LogP contribution in [0.4, 0.5) is 0 Å². The summed E-state index contributed by atoms with van der Waals surface area (Å²) in [5, 5.41) is 12.6. The fourth-order valence-corrected chi connectivity index (χ4v) is 1.71. The molecular weight excluding hydrogens is 236 g/mol. The Morgan fingerprint density at radius 2 is 2.28 bits per heavy atom. The van der Waals surface area contributed by atoms with Crippen LogP contribution >= 0.6 is 0 Å². The third-order valence-corrected chi connectivity index (χ3v) is 2.47. The lowest BCUT2D eigenvalue weighted by Crippen LogP contribution is -2.19. The first kappa shape index (κ1) is 12.3. The first-order valence-electron chi connectivity index (χ1n) is 5.54. The number of rotatable bonds is 5. The summed E-state index contributed by atoms with van der Waals surface area (Å²) in [6.45, 7) is 3.69. The summed E-state index contributed by atoms with van der Waals surface area (Å²) in [4.78, 5) is 14.9. The molecule has 2 heterocycles. The SMILES string of the molecule is CC(C)(CC(=O)O)Cc1nc(-c2ccco2)no1. The number of carboxylic acid groups (broad SMARTS) is 1. The first-order valence-corrected chi connectivity index (χ1v) is 5.54. The van der Waals surface area contributed by atoms with Crippen LogP contribution in [0.5, 0.6) is 0 Å². The Morgan fingerprint density at radius 3 is 2.89 bits per heavy atom. The summed E-state index contributed by atoms with van der Waals surface area (Å²) in [5.74, 6) is 0.473. The summed E-state index contributed by atoms with van der Waals surface area (Å²) in [5.41, 5.74) is -0.432. The third kappa shape index (κ3) is 2.97. The zero-order valence-corrected chi connectivity index (χ0v) is 10.2. The van der Waals surface area contributed by atoms with Gasteiger partial charge in [-0.2, -0.15) is 4.98 Å². The van der Waals surface area contributed by atoms with Crippen molar-refractivity contribution in [1.82, 2.24) is 10.1 Å². The van der Waals surface area contributed by atoms with Gasteiger partial charge in [0.25, 0.3) is 0 Å². The van der Waals surface area contributed by atoms with Crippen LogP contribution in [0.3, 0.4) is 0 Å². The highest BCUT2D eigenvalue weighted by atomic mass is 16.5. The number of carboxylic acids is 1. The van der Waals surface area contributed by atoms with Crippen LogP contribution in [0.25, 0.3) is 11.6 Å². The molecule has 6 heteroatoms. The van der Waals surface area contributed by atoms with Gasteiger partial charge in [-0.15, -0.1) is 0 Å². The molecule has 6 nitrogen and oxygen atoms in total. The van der Waals surface area contributed by atoms with Crippen molar-refractivity contribution in [3.63, 3.8) is 0 Å². The second-order valence-electron chi connectivity index (χ2n) is 4.90. The molecule has 2 aromatic heterocycles. The van der Waals surface area contributed by atoms with Gasteiger partial charge in [-0.1, -0.05) is 19.0 Å². The van der Waals surface area contributed by atoms with Crippen LogP contribution in [0.2, 0.25) is 0 Å². The molecule has 0 saturated carbocycles. The van der Waals surface area contributed by atoms with Crippen LogP contribution in [0, 0.1) is 5.41 Å². The van der Waals surface area contributed by atoms with Gasteiger partial charge >= 0.3 is 5.97 Å². The fourth-order valence-electron chi connectivity index (χ4n) is 1.71. The van der Waals surface area contributed by atoms with E-state index in [4.69, 9.17) is 14.0 Å². The molecule has 96 valence electrons. The number of hydrogen-bond acceptors (Lipinski definition) is 5. The molecule has 0 amide bonds. The molecule has 0 fully saturated rings. The van der Waals surface area contributed by atoms with E-state index >= 15 is 0 Å². The van der Waals surface area contributed by atoms with Crippen molar-refractivity contribution in [2.24, 2.45) is 5.41 Å². The normalized spacial score (nSPS) is 11.7.